The van der Waals surface area contributed by atoms with Crippen LogP contribution in [0.2, 0.25) is 0 Å². The maximum Gasteiger partial charge on any atom is 0.0663 e. The molecule has 0 heterocycles. The van der Waals surface area contributed by atoms with E-state index >= 15 is 0 Å². The zero-order valence-electron chi connectivity index (χ0n) is 7.41. The van der Waals surface area contributed by atoms with Gasteiger partial charge in [-0.25, -0.2) is 0 Å². The molecule has 0 bridgehead atoms. The zero-order valence-corrected chi connectivity index (χ0v) is 11.9. The van der Waals surface area contributed by atoms with Gasteiger partial charge in [0, 0.05) is 38.5 Å². The molecule has 0 aliphatic heterocycles. The van der Waals surface area contributed by atoms with Gasteiger partial charge in [-0.05, 0) is 24.2 Å². The molecule has 0 fully saturated rings. The molecular weight excluding hydrogens is 253 g/mol. The number of hydrogen-bond donors (Lipinski definition) is 1. The minimum Gasteiger partial charge on any atom is -0.392 e. The summed E-state index contributed by atoms with van der Waals surface area (Å²) >= 11 is 3.50. The third kappa shape index (κ3) is 8.10. The van der Waals surface area contributed by atoms with Gasteiger partial charge in [-0.3, -0.25) is 0 Å². The van der Waals surface area contributed by atoms with Crippen LogP contribution in [0.1, 0.15) is 6.92 Å². The largest absolute Gasteiger partial charge is 0.392 e. The van der Waals surface area contributed by atoms with Crippen LogP contribution in [0, 0.1) is 5.92 Å². The van der Waals surface area contributed by atoms with Gasteiger partial charge in [-0.1, -0.05) is 6.92 Å². The number of aliphatic hydroxyl groups is 1. The molecule has 2 unspecified atom stereocenters. The Balaban J connectivity index is 0. The Bertz CT molecular complexity index is 72.8. The molecule has 0 aliphatic carbocycles. The fraction of sp³-hybridized carbons (Fsp3) is 1.00. The normalized spacial score (nSPS) is 15.3. The van der Waals surface area contributed by atoms with Crippen LogP contribution in [0.25, 0.3) is 0 Å². The van der Waals surface area contributed by atoms with E-state index in [2.05, 4.69) is 13.2 Å². The van der Waals surface area contributed by atoms with Crippen molar-refractivity contribution < 1.29 is 37.8 Å². The topological polar surface area (TPSA) is 20.2 Å². The Morgan fingerprint density at radius 1 is 1.18 bits per heavy atom. The summed E-state index contributed by atoms with van der Waals surface area (Å²) in [5, 5.41) is 9.41. The summed E-state index contributed by atoms with van der Waals surface area (Å²) in [5.74, 6) is 2.35. The molecule has 0 saturated carbocycles. The fourth-order valence-electron chi connectivity index (χ4n) is 0.709. The molecule has 11 heavy (non-hydrogen) atoms. The van der Waals surface area contributed by atoms with E-state index in [1.54, 1.807) is 23.5 Å². The van der Waals surface area contributed by atoms with Crippen molar-refractivity contribution in [1.29, 1.82) is 0 Å². The van der Waals surface area contributed by atoms with Crippen LogP contribution in [0.4, 0.5) is 0 Å². The van der Waals surface area contributed by atoms with Crippen LogP contribution in [0.3, 0.4) is 0 Å². The molecule has 4 heteroatoms. The van der Waals surface area contributed by atoms with E-state index in [1.807, 2.05) is 6.26 Å². The second kappa shape index (κ2) is 9.85. The van der Waals surface area contributed by atoms with Crippen molar-refractivity contribution in [3.63, 3.8) is 0 Å². The van der Waals surface area contributed by atoms with Crippen molar-refractivity contribution in [2.24, 2.45) is 5.92 Å². The van der Waals surface area contributed by atoms with Crippen molar-refractivity contribution in [1.82, 2.24) is 0 Å². The predicted molar refractivity (Wildman–Crippen MR) is 51.9 cm³/mol. The maximum atomic E-state index is 9.41. The van der Waals surface area contributed by atoms with Crippen LogP contribution < -0.4 is 0 Å². The van der Waals surface area contributed by atoms with E-state index in [1.165, 1.54) is 0 Å². The molecule has 1 N–H and O–H groups in total. The molecular formula is C7H16OS2Y. The third-order valence-corrected chi connectivity index (χ3v) is 2.96. The molecule has 0 aliphatic rings. The molecule has 2 atom stereocenters. The Labute approximate surface area is 103 Å². The molecule has 0 rings (SSSR count). The first kappa shape index (κ1) is 15.2. The van der Waals surface area contributed by atoms with Gasteiger partial charge >= 0.3 is 0 Å². The molecule has 0 aromatic carbocycles. The molecule has 0 aromatic heterocycles. The summed E-state index contributed by atoms with van der Waals surface area (Å²) in [6.07, 6.45) is 3.97. The molecule has 0 saturated heterocycles. The monoisotopic (exact) mass is 269 g/mol. The predicted octanol–water partition coefficient (Wildman–Crippen LogP) is 1.71. The van der Waals surface area contributed by atoms with E-state index in [4.69, 9.17) is 0 Å². The van der Waals surface area contributed by atoms with Gasteiger partial charge in [0.2, 0.25) is 0 Å². The van der Waals surface area contributed by atoms with E-state index in [0.717, 1.165) is 11.5 Å². The summed E-state index contributed by atoms with van der Waals surface area (Å²) < 4.78 is 0. The van der Waals surface area contributed by atoms with Crippen molar-refractivity contribution in [2.45, 2.75) is 13.0 Å². The van der Waals surface area contributed by atoms with Gasteiger partial charge in [-0.15, -0.1) is 0 Å². The van der Waals surface area contributed by atoms with Crippen LogP contribution in [0.15, 0.2) is 0 Å². The van der Waals surface area contributed by atoms with Gasteiger partial charge in [-0.2, -0.15) is 23.5 Å². The Morgan fingerprint density at radius 3 is 2.00 bits per heavy atom. The standard InChI is InChI=1S/C7H16OS2.Y/c1-6(4-9-2)7(8)5-10-3;/h6-8H,4-5H2,1-3H3;. The quantitative estimate of drug-likeness (QED) is 0.820. The van der Waals surface area contributed by atoms with E-state index in [0.29, 0.717) is 5.92 Å². The summed E-state index contributed by atoms with van der Waals surface area (Å²) in [4.78, 5) is 0. The van der Waals surface area contributed by atoms with Gasteiger partial charge in [0.05, 0.1) is 6.10 Å². The van der Waals surface area contributed by atoms with Gasteiger partial charge in [0.25, 0.3) is 0 Å². The van der Waals surface area contributed by atoms with Crippen LogP contribution in [-0.4, -0.2) is 35.2 Å². The van der Waals surface area contributed by atoms with Crippen molar-refractivity contribution in [2.75, 3.05) is 24.0 Å². The molecule has 1 radical (unpaired) electrons. The van der Waals surface area contributed by atoms with E-state index < -0.39 is 0 Å². The molecule has 0 aromatic rings. The van der Waals surface area contributed by atoms with E-state index in [9.17, 15) is 5.11 Å². The fourth-order valence-corrected chi connectivity index (χ4v) is 2.13. The average molecular weight is 269 g/mol. The Hall–Kier alpha value is 1.76. The minimum atomic E-state index is -0.123. The summed E-state index contributed by atoms with van der Waals surface area (Å²) in [6.45, 7) is 2.09. The SMILES string of the molecule is CSCC(C)C(O)CSC.[Y]. The number of thioether (sulfide) groups is 2. The van der Waals surface area contributed by atoms with Crippen molar-refractivity contribution in [3.8, 4) is 0 Å². The second-order valence-electron chi connectivity index (χ2n) is 2.46. The Morgan fingerprint density at radius 2 is 1.64 bits per heavy atom. The summed E-state index contributed by atoms with van der Waals surface area (Å²) in [5.41, 5.74) is 0. The average Bonchev–Trinajstić information content (AvgIpc) is 1.89. The Kier molecular flexibility index (Phi) is 13.7. The number of aliphatic hydroxyl groups excluding tert-OH is 1. The van der Waals surface area contributed by atoms with Crippen molar-refractivity contribution >= 4 is 23.5 Å². The minimum absolute atomic E-state index is 0. The molecule has 1 nitrogen and oxygen atoms in total. The maximum absolute atomic E-state index is 9.41. The van der Waals surface area contributed by atoms with Gasteiger partial charge in [0.1, 0.15) is 0 Å². The van der Waals surface area contributed by atoms with E-state index in [-0.39, 0.29) is 38.8 Å². The van der Waals surface area contributed by atoms with Crippen LogP contribution >= 0.6 is 23.5 Å². The molecule has 65 valence electrons. The number of rotatable bonds is 5. The first-order valence-electron chi connectivity index (χ1n) is 3.38. The number of hydrogen-bond acceptors (Lipinski definition) is 3. The molecule has 0 amide bonds. The zero-order chi connectivity index (χ0) is 7.98. The molecule has 0 spiro atoms. The second-order valence-corrected chi connectivity index (χ2v) is 4.28. The summed E-state index contributed by atoms with van der Waals surface area (Å²) in [7, 11) is 0. The van der Waals surface area contributed by atoms with Crippen LogP contribution in [0.5, 0.6) is 0 Å². The van der Waals surface area contributed by atoms with Crippen molar-refractivity contribution in [3.05, 3.63) is 0 Å². The van der Waals surface area contributed by atoms with Gasteiger partial charge < -0.3 is 5.11 Å². The van der Waals surface area contributed by atoms with Gasteiger partial charge in [0.15, 0.2) is 0 Å². The van der Waals surface area contributed by atoms with Crippen LogP contribution in [-0.2, 0) is 32.7 Å². The first-order chi connectivity index (χ1) is 4.72. The third-order valence-electron chi connectivity index (χ3n) is 1.42. The smallest absolute Gasteiger partial charge is 0.0663 e. The first-order valence-corrected chi connectivity index (χ1v) is 6.17. The summed E-state index contributed by atoms with van der Waals surface area (Å²) in [6, 6.07) is 0.